The van der Waals surface area contributed by atoms with Crippen LogP contribution < -0.4 is 0 Å². The van der Waals surface area contributed by atoms with Crippen molar-refractivity contribution >= 4 is 85.8 Å². The fourth-order valence-corrected chi connectivity index (χ4v) is 10.7. The first-order valence-corrected chi connectivity index (χ1v) is 19.2. The van der Waals surface area contributed by atoms with Crippen LogP contribution in [-0.2, 0) is 5.41 Å². The molecule has 0 N–H and O–H groups in total. The summed E-state index contributed by atoms with van der Waals surface area (Å²) in [7, 11) is 0. The van der Waals surface area contributed by atoms with Gasteiger partial charge in [0, 0.05) is 36.4 Å². The summed E-state index contributed by atoms with van der Waals surface area (Å²) in [5, 5.41) is 12.6. The van der Waals surface area contributed by atoms with Gasteiger partial charge in [-0.2, -0.15) is 0 Å². The molecule has 2 aromatic heterocycles. The van der Waals surface area contributed by atoms with Crippen LogP contribution in [-0.4, -0.2) is 0 Å². The first-order valence-electron chi connectivity index (χ1n) is 18.4. The van der Waals surface area contributed by atoms with Crippen molar-refractivity contribution in [3.8, 4) is 33.4 Å². The fraction of sp³-hybridized carbons (Fsp3) is 0.0588. The molecule has 53 heavy (non-hydrogen) atoms. The predicted octanol–water partition coefficient (Wildman–Crippen LogP) is 15.1. The maximum atomic E-state index is 6.25. The smallest absolute Gasteiger partial charge is 0.136 e. The molecule has 0 fully saturated rings. The monoisotopic (exact) mass is 692 g/mol. The number of fused-ring (bicyclic) bond motifs is 13. The molecular weight excluding hydrogens is 661 g/mol. The Balaban J connectivity index is 1.09. The van der Waals surface area contributed by atoms with Gasteiger partial charge in [-0.25, -0.2) is 0 Å². The molecule has 248 valence electrons. The summed E-state index contributed by atoms with van der Waals surface area (Å²) in [6, 6.07) is 58.7. The lowest BCUT2D eigenvalue weighted by Gasteiger charge is -2.22. The normalized spacial score (nSPS) is 13.6. The summed E-state index contributed by atoms with van der Waals surface area (Å²) in [4.78, 5) is 0. The lowest BCUT2D eigenvalue weighted by atomic mass is 9.81. The zero-order valence-corrected chi connectivity index (χ0v) is 30.1. The van der Waals surface area contributed by atoms with E-state index in [1.807, 2.05) is 17.4 Å². The number of hydrogen-bond donors (Lipinski definition) is 0. The molecule has 2 heteroatoms. The largest absolute Gasteiger partial charge is 0.456 e. The zero-order chi connectivity index (χ0) is 35.0. The van der Waals surface area contributed by atoms with Gasteiger partial charge < -0.3 is 4.42 Å². The molecule has 0 saturated carbocycles. The summed E-state index contributed by atoms with van der Waals surface area (Å²) >= 11 is 1.88. The molecule has 0 spiro atoms. The first kappa shape index (κ1) is 29.4. The van der Waals surface area contributed by atoms with Crippen LogP contribution in [0.1, 0.15) is 25.0 Å². The molecule has 0 atom stereocenters. The van der Waals surface area contributed by atoms with Crippen molar-refractivity contribution in [3.63, 3.8) is 0 Å². The van der Waals surface area contributed by atoms with Crippen LogP contribution in [0.25, 0.3) is 108 Å². The third-order valence-corrected chi connectivity index (χ3v) is 13.2. The van der Waals surface area contributed by atoms with Crippen molar-refractivity contribution in [2.75, 3.05) is 0 Å². The van der Waals surface area contributed by atoms with Gasteiger partial charge in [-0.1, -0.05) is 129 Å². The minimum absolute atomic E-state index is 0.0188. The van der Waals surface area contributed by atoms with Crippen LogP contribution >= 0.6 is 11.3 Å². The second-order valence-electron chi connectivity index (χ2n) is 15.2. The van der Waals surface area contributed by atoms with E-state index in [4.69, 9.17) is 4.42 Å². The highest BCUT2D eigenvalue weighted by Crippen LogP contribution is 2.51. The third kappa shape index (κ3) is 3.96. The standard InChI is InChI=1S/C51H32OS/c1-51(2)42-17-9-7-11-32(42)39-26-30(19-22-43(39)51)48-33-12-3-5-14-35(33)49(36-15-6-4-13-34(36)48)31-21-24-46-40(27-31)41-25-29-20-23-45-50(38(29)28-47(41)53-46)37-16-8-10-18-44(37)52-45/h3-28H,1-2H3. The molecule has 9 aromatic carbocycles. The average molecular weight is 693 g/mol. The Kier molecular flexibility index (Phi) is 5.78. The SMILES string of the molecule is CC1(C)c2ccccc2-c2cc(-c3c4ccccc4c(-c4ccc5sc6cc7c(ccc8oc9ccccc9c87)cc6c5c4)c4ccccc34)ccc21. The second kappa shape index (κ2) is 10.4. The summed E-state index contributed by atoms with van der Waals surface area (Å²) < 4.78 is 8.85. The summed E-state index contributed by atoms with van der Waals surface area (Å²) in [6.07, 6.45) is 0. The van der Waals surface area contributed by atoms with Crippen molar-refractivity contribution < 1.29 is 4.42 Å². The quantitative estimate of drug-likeness (QED) is 0.164. The van der Waals surface area contributed by atoms with Crippen molar-refractivity contribution in [1.82, 2.24) is 0 Å². The highest BCUT2D eigenvalue weighted by Gasteiger charge is 2.35. The van der Waals surface area contributed by atoms with Gasteiger partial charge in [0.25, 0.3) is 0 Å². The van der Waals surface area contributed by atoms with Gasteiger partial charge in [-0.05, 0) is 119 Å². The van der Waals surface area contributed by atoms with Gasteiger partial charge in [0.15, 0.2) is 0 Å². The molecule has 0 bridgehead atoms. The second-order valence-corrected chi connectivity index (χ2v) is 16.3. The minimum atomic E-state index is -0.0188. The van der Waals surface area contributed by atoms with E-state index in [9.17, 15) is 0 Å². The summed E-state index contributed by atoms with van der Waals surface area (Å²) in [5.74, 6) is 0. The predicted molar refractivity (Wildman–Crippen MR) is 228 cm³/mol. The van der Waals surface area contributed by atoms with Crippen LogP contribution in [0.3, 0.4) is 0 Å². The number of benzene rings is 9. The summed E-state index contributed by atoms with van der Waals surface area (Å²) in [5.41, 5.74) is 12.5. The molecule has 1 nitrogen and oxygen atoms in total. The Morgan fingerprint density at radius 3 is 1.77 bits per heavy atom. The molecule has 11 aromatic rings. The fourth-order valence-electron chi connectivity index (χ4n) is 9.60. The van der Waals surface area contributed by atoms with Gasteiger partial charge in [0.05, 0.1) is 0 Å². The highest BCUT2D eigenvalue weighted by atomic mass is 32.1. The molecule has 1 aliphatic rings. The van der Waals surface area contributed by atoms with E-state index < -0.39 is 0 Å². The number of rotatable bonds is 2. The first-order chi connectivity index (χ1) is 26.0. The number of thiophene rings is 1. The molecule has 0 radical (unpaired) electrons. The molecule has 2 heterocycles. The lowest BCUT2D eigenvalue weighted by molar-refractivity contribution is 0.660. The van der Waals surface area contributed by atoms with E-state index in [0.29, 0.717) is 0 Å². The van der Waals surface area contributed by atoms with E-state index in [-0.39, 0.29) is 5.41 Å². The Labute approximate surface area is 310 Å². The Morgan fingerprint density at radius 1 is 0.415 bits per heavy atom. The maximum absolute atomic E-state index is 6.25. The van der Waals surface area contributed by atoms with E-state index >= 15 is 0 Å². The third-order valence-electron chi connectivity index (χ3n) is 12.0. The number of furan rings is 1. The molecule has 0 aliphatic heterocycles. The van der Waals surface area contributed by atoms with Crippen molar-refractivity contribution in [1.29, 1.82) is 0 Å². The van der Waals surface area contributed by atoms with Gasteiger partial charge in [0.2, 0.25) is 0 Å². The van der Waals surface area contributed by atoms with Crippen LogP contribution in [0.15, 0.2) is 162 Å². The van der Waals surface area contributed by atoms with E-state index in [1.165, 1.54) is 108 Å². The van der Waals surface area contributed by atoms with Gasteiger partial charge >= 0.3 is 0 Å². The Morgan fingerprint density at radius 2 is 1.02 bits per heavy atom. The molecule has 12 rings (SSSR count). The maximum Gasteiger partial charge on any atom is 0.136 e. The molecule has 0 unspecified atom stereocenters. The lowest BCUT2D eigenvalue weighted by Crippen LogP contribution is -2.14. The number of para-hydroxylation sites is 1. The van der Waals surface area contributed by atoms with Crippen LogP contribution in [0, 0.1) is 0 Å². The van der Waals surface area contributed by atoms with Gasteiger partial charge in [-0.15, -0.1) is 11.3 Å². The van der Waals surface area contributed by atoms with Gasteiger partial charge in [0.1, 0.15) is 11.2 Å². The van der Waals surface area contributed by atoms with Gasteiger partial charge in [-0.3, -0.25) is 0 Å². The highest BCUT2D eigenvalue weighted by molar-refractivity contribution is 7.25. The van der Waals surface area contributed by atoms with Crippen molar-refractivity contribution in [3.05, 3.63) is 169 Å². The van der Waals surface area contributed by atoms with E-state index in [2.05, 4.69) is 166 Å². The number of hydrogen-bond acceptors (Lipinski definition) is 2. The Hall–Kier alpha value is -6.22. The van der Waals surface area contributed by atoms with Crippen LogP contribution in [0.2, 0.25) is 0 Å². The van der Waals surface area contributed by atoms with E-state index in [1.54, 1.807) is 0 Å². The van der Waals surface area contributed by atoms with E-state index in [0.717, 1.165) is 11.2 Å². The molecular formula is C51H32OS. The molecule has 1 aliphatic carbocycles. The van der Waals surface area contributed by atoms with Crippen LogP contribution in [0.5, 0.6) is 0 Å². The molecule has 0 amide bonds. The minimum Gasteiger partial charge on any atom is -0.456 e. The zero-order valence-electron chi connectivity index (χ0n) is 29.3. The topological polar surface area (TPSA) is 13.1 Å². The average Bonchev–Trinajstić information content (AvgIpc) is 3.83. The van der Waals surface area contributed by atoms with Crippen molar-refractivity contribution in [2.45, 2.75) is 19.3 Å². The molecule has 0 saturated heterocycles. The van der Waals surface area contributed by atoms with Crippen molar-refractivity contribution in [2.24, 2.45) is 0 Å². The van der Waals surface area contributed by atoms with Crippen LogP contribution in [0.4, 0.5) is 0 Å². The Bertz CT molecular complexity index is 3320. The summed E-state index contributed by atoms with van der Waals surface area (Å²) in [6.45, 7) is 4.71.